The maximum atomic E-state index is 13.5. The molecule has 0 radical (unpaired) electrons. The number of sulfonamides is 1. The van der Waals surface area contributed by atoms with Crippen molar-refractivity contribution in [2.24, 2.45) is 11.7 Å². The van der Waals surface area contributed by atoms with Crippen LogP contribution in [0, 0.1) is 18.7 Å². The average molecular weight is 315 g/mol. The standard InChI is InChI=1S/C13H18FN3O3S/c1-8-6-10(7-11(15)12(8)14)21(19,20)17-4-2-9(3-5-17)13(16)18/h6-7,9H,2-5,15H2,1H3,(H2,16,18). The summed E-state index contributed by atoms with van der Waals surface area (Å²) in [7, 11) is -3.74. The summed E-state index contributed by atoms with van der Waals surface area (Å²) in [6, 6.07) is 2.39. The van der Waals surface area contributed by atoms with Crippen LogP contribution < -0.4 is 11.5 Å². The number of nitrogen functional groups attached to an aromatic ring is 1. The van der Waals surface area contributed by atoms with Crippen LogP contribution >= 0.6 is 0 Å². The van der Waals surface area contributed by atoms with Crippen molar-refractivity contribution in [3.63, 3.8) is 0 Å². The number of hydrogen-bond acceptors (Lipinski definition) is 4. The molecular formula is C13H18FN3O3S. The first-order chi connectivity index (χ1) is 9.73. The highest BCUT2D eigenvalue weighted by Crippen LogP contribution is 2.27. The number of nitrogens with zero attached hydrogens (tertiary/aromatic N) is 1. The van der Waals surface area contributed by atoms with E-state index in [4.69, 9.17) is 11.5 Å². The third-order valence-electron chi connectivity index (χ3n) is 3.75. The van der Waals surface area contributed by atoms with Gasteiger partial charge in [-0.3, -0.25) is 4.79 Å². The maximum absolute atomic E-state index is 13.5. The molecule has 0 bridgehead atoms. The van der Waals surface area contributed by atoms with E-state index >= 15 is 0 Å². The number of aryl methyl sites for hydroxylation is 1. The quantitative estimate of drug-likeness (QED) is 0.797. The minimum Gasteiger partial charge on any atom is -0.396 e. The van der Waals surface area contributed by atoms with E-state index in [1.807, 2.05) is 0 Å². The third-order valence-corrected chi connectivity index (χ3v) is 5.63. The lowest BCUT2D eigenvalue weighted by Gasteiger charge is -2.29. The van der Waals surface area contributed by atoms with E-state index in [-0.39, 0.29) is 35.2 Å². The van der Waals surface area contributed by atoms with Gasteiger partial charge in [-0.25, -0.2) is 12.8 Å². The van der Waals surface area contributed by atoms with Gasteiger partial charge in [0.05, 0.1) is 10.6 Å². The van der Waals surface area contributed by atoms with E-state index in [2.05, 4.69) is 0 Å². The lowest BCUT2D eigenvalue weighted by Crippen LogP contribution is -2.41. The zero-order valence-electron chi connectivity index (χ0n) is 11.7. The fourth-order valence-electron chi connectivity index (χ4n) is 2.44. The van der Waals surface area contributed by atoms with Crippen molar-refractivity contribution >= 4 is 21.6 Å². The van der Waals surface area contributed by atoms with Crippen molar-refractivity contribution in [1.29, 1.82) is 0 Å². The van der Waals surface area contributed by atoms with E-state index in [9.17, 15) is 17.6 Å². The van der Waals surface area contributed by atoms with E-state index in [1.165, 1.54) is 17.3 Å². The smallest absolute Gasteiger partial charge is 0.243 e. The Balaban J connectivity index is 2.26. The Morgan fingerprint density at radius 2 is 1.90 bits per heavy atom. The Labute approximate surface area is 123 Å². The molecule has 0 spiro atoms. The fraction of sp³-hybridized carbons (Fsp3) is 0.462. The van der Waals surface area contributed by atoms with Crippen LogP contribution in [0.3, 0.4) is 0 Å². The Kier molecular flexibility index (Phi) is 4.20. The highest BCUT2D eigenvalue weighted by molar-refractivity contribution is 7.89. The Morgan fingerprint density at radius 3 is 2.38 bits per heavy atom. The van der Waals surface area contributed by atoms with Gasteiger partial charge in [0.2, 0.25) is 15.9 Å². The third kappa shape index (κ3) is 3.01. The van der Waals surface area contributed by atoms with E-state index in [1.54, 1.807) is 0 Å². The Morgan fingerprint density at radius 1 is 1.33 bits per heavy atom. The van der Waals surface area contributed by atoms with Crippen LogP contribution in [0.15, 0.2) is 17.0 Å². The first-order valence-electron chi connectivity index (χ1n) is 6.58. The molecule has 21 heavy (non-hydrogen) atoms. The second-order valence-electron chi connectivity index (χ2n) is 5.22. The molecule has 1 aliphatic heterocycles. The largest absolute Gasteiger partial charge is 0.396 e. The zero-order chi connectivity index (χ0) is 15.8. The predicted molar refractivity (Wildman–Crippen MR) is 76.2 cm³/mol. The Hall–Kier alpha value is -1.67. The van der Waals surface area contributed by atoms with E-state index in [0.717, 1.165) is 6.07 Å². The summed E-state index contributed by atoms with van der Waals surface area (Å²) in [5.41, 5.74) is 10.7. The number of piperidine rings is 1. The van der Waals surface area contributed by atoms with Crippen LogP contribution in [-0.4, -0.2) is 31.7 Å². The zero-order valence-corrected chi connectivity index (χ0v) is 12.5. The molecule has 0 unspecified atom stereocenters. The number of halogens is 1. The monoisotopic (exact) mass is 315 g/mol. The maximum Gasteiger partial charge on any atom is 0.243 e. The van der Waals surface area contributed by atoms with Gasteiger partial charge in [0.1, 0.15) is 5.82 Å². The minimum atomic E-state index is -3.74. The normalized spacial score (nSPS) is 17.8. The highest BCUT2D eigenvalue weighted by atomic mass is 32.2. The minimum absolute atomic E-state index is 0.0311. The molecule has 0 atom stereocenters. The van der Waals surface area contributed by atoms with Crippen molar-refractivity contribution in [2.45, 2.75) is 24.7 Å². The number of amides is 1. The van der Waals surface area contributed by atoms with Crippen LogP contribution in [0.5, 0.6) is 0 Å². The number of nitrogens with two attached hydrogens (primary N) is 2. The molecule has 0 aliphatic carbocycles. The van der Waals surface area contributed by atoms with Crippen LogP contribution in [0.4, 0.5) is 10.1 Å². The van der Waals surface area contributed by atoms with Gasteiger partial charge in [-0.15, -0.1) is 0 Å². The summed E-state index contributed by atoms with van der Waals surface area (Å²) in [6.45, 7) is 1.89. The topological polar surface area (TPSA) is 106 Å². The van der Waals surface area contributed by atoms with Gasteiger partial charge in [0.25, 0.3) is 0 Å². The van der Waals surface area contributed by atoms with Gasteiger partial charge in [-0.2, -0.15) is 4.31 Å². The molecule has 0 saturated carbocycles. The predicted octanol–water partition coefficient (Wildman–Crippen LogP) is 0.602. The lowest BCUT2D eigenvalue weighted by atomic mass is 9.98. The lowest BCUT2D eigenvalue weighted by molar-refractivity contribution is -0.122. The van der Waals surface area contributed by atoms with Gasteiger partial charge in [-0.1, -0.05) is 0 Å². The molecular weight excluding hydrogens is 297 g/mol. The highest BCUT2D eigenvalue weighted by Gasteiger charge is 2.31. The Bertz CT molecular complexity index is 644. The molecule has 1 heterocycles. The molecule has 1 aliphatic rings. The summed E-state index contributed by atoms with van der Waals surface area (Å²) in [5, 5.41) is 0. The fourth-order valence-corrected chi connectivity index (χ4v) is 4.03. The molecule has 116 valence electrons. The average Bonchev–Trinajstić information content (AvgIpc) is 2.44. The first kappa shape index (κ1) is 15.7. The van der Waals surface area contributed by atoms with Crippen LogP contribution in [-0.2, 0) is 14.8 Å². The van der Waals surface area contributed by atoms with Crippen molar-refractivity contribution in [3.8, 4) is 0 Å². The number of carbonyl (C=O) groups excluding carboxylic acids is 1. The van der Waals surface area contributed by atoms with Gasteiger partial charge in [0, 0.05) is 19.0 Å². The molecule has 2 rings (SSSR count). The van der Waals surface area contributed by atoms with Gasteiger partial charge < -0.3 is 11.5 Å². The molecule has 1 aromatic carbocycles. The first-order valence-corrected chi connectivity index (χ1v) is 8.02. The molecule has 8 heteroatoms. The van der Waals surface area contributed by atoms with Crippen molar-refractivity contribution in [3.05, 3.63) is 23.5 Å². The number of anilines is 1. The molecule has 1 aromatic rings. The molecule has 6 nitrogen and oxygen atoms in total. The van der Waals surface area contributed by atoms with Gasteiger partial charge in [-0.05, 0) is 37.5 Å². The van der Waals surface area contributed by atoms with Crippen molar-refractivity contribution < 1.29 is 17.6 Å². The van der Waals surface area contributed by atoms with Crippen LogP contribution in [0.25, 0.3) is 0 Å². The molecule has 0 aromatic heterocycles. The number of rotatable bonds is 3. The summed E-state index contributed by atoms with van der Waals surface area (Å²) >= 11 is 0. The van der Waals surface area contributed by atoms with Gasteiger partial charge >= 0.3 is 0 Å². The SMILES string of the molecule is Cc1cc(S(=O)(=O)N2CCC(C(N)=O)CC2)cc(N)c1F. The second-order valence-corrected chi connectivity index (χ2v) is 7.16. The van der Waals surface area contributed by atoms with Crippen LogP contribution in [0.1, 0.15) is 18.4 Å². The molecule has 1 fully saturated rings. The number of primary amides is 1. The van der Waals surface area contributed by atoms with E-state index in [0.29, 0.717) is 12.8 Å². The molecule has 1 amide bonds. The summed E-state index contributed by atoms with van der Waals surface area (Å²) < 4.78 is 39.8. The number of carbonyl (C=O) groups is 1. The number of hydrogen-bond donors (Lipinski definition) is 2. The van der Waals surface area contributed by atoms with Crippen LogP contribution in [0.2, 0.25) is 0 Å². The second kappa shape index (κ2) is 5.61. The molecule has 4 N–H and O–H groups in total. The van der Waals surface area contributed by atoms with Gasteiger partial charge in [0.15, 0.2) is 0 Å². The summed E-state index contributed by atoms with van der Waals surface area (Å²) in [4.78, 5) is 11.1. The molecule has 1 saturated heterocycles. The van der Waals surface area contributed by atoms with Crippen molar-refractivity contribution in [2.75, 3.05) is 18.8 Å². The summed E-state index contributed by atoms with van der Waals surface area (Å²) in [5.74, 6) is -1.31. The van der Waals surface area contributed by atoms with E-state index < -0.39 is 21.7 Å². The summed E-state index contributed by atoms with van der Waals surface area (Å²) in [6.07, 6.45) is 0.786. The number of benzene rings is 1. The van der Waals surface area contributed by atoms with Crippen molar-refractivity contribution in [1.82, 2.24) is 4.31 Å².